The molecule has 162 valence electrons. The Bertz CT molecular complexity index is 552. The van der Waals surface area contributed by atoms with Crippen molar-refractivity contribution in [3.8, 4) is 0 Å². The highest BCUT2D eigenvalue weighted by Crippen LogP contribution is 2.29. The number of aliphatic carboxylic acids is 3. The van der Waals surface area contributed by atoms with Gasteiger partial charge >= 0.3 is 23.9 Å². The Morgan fingerprint density at radius 1 is 0.714 bits per heavy atom. The Labute approximate surface area is 165 Å². The molecule has 0 atom stereocenters. The van der Waals surface area contributed by atoms with E-state index in [9.17, 15) is 19.2 Å². The fraction of sp³-hybridized carbons (Fsp3) is 0.778. The lowest BCUT2D eigenvalue weighted by Gasteiger charge is -2.33. The zero-order valence-corrected chi connectivity index (χ0v) is 17.2. The van der Waals surface area contributed by atoms with E-state index in [0.29, 0.717) is 6.42 Å². The minimum atomic E-state index is -1.20. The first kappa shape index (κ1) is 25.8. The van der Waals surface area contributed by atoms with Crippen molar-refractivity contribution in [2.45, 2.75) is 46.6 Å². The van der Waals surface area contributed by atoms with Crippen LogP contribution in [0.3, 0.4) is 0 Å². The second kappa shape index (κ2) is 11.0. The number of ether oxygens (including phenoxy) is 1. The third-order valence-electron chi connectivity index (χ3n) is 3.51. The molecule has 0 aliphatic rings. The summed E-state index contributed by atoms with van der Waals surface area (Å²) in [5.41, 5.74) is -0.804. The average Bonchev–Trinajstić information content (AvgIpc) is 2.38. The van der Waals surface area contributed by atoms with Gasteiger partial charge in [0.25, 0.3) is 0 Å². The van der Waals surface area contributed by atoms with Gasteiger partial charge in [-0.15, -0.1) is 0 Å². The lowest BCUT2D eigenvalue weighted by Crippen LogP contribution is -2.44. The first-order valence-electron chi connectivity index (χ1n) is 8.91. The minimum Gasteiger partial charge on any atom is -0.480 e. The number of esters is 1. The van der Waals surface area contributed by atoms with Crippen LogP contribution < -0.4 is 0 Å². The van der Waals surface area contributed by atoms with Crippen molar-refractivity contribution < 1.29 is 39.2 Å². The smallest absolute Gasteiger partial charge is 0.320 e. The first-order valence-corrected chi connectivity index (χ1v) is 8.91. The van der Waals surface area contributed by atoms with Gasteiger partial charge in [-0.2, -0.15) is 0 Å². The lowest BCUT2D eigenvalue weighted by molar-refractivity contribution is -0.161. The maximum absolute atomic E-state index is 12.3. The Morgan fingerprint density at radius 3 is 1.39 bits per heavy atom. The van der Waals surface area contributed by atoms with Crippen LogP contribution in [0.4, 0.5) is 0 Å². The van der Waals surface area contributed by atoms with E-state index in [4.69, 9.17) is 20.1 Å². The summed E-state index contributed by atoms with van der Waals surface area (Å²) >= 11 is 0. The van der Waals surface area contributed by atoms with Crippen LogP contribution in [0.15, 0.2) is 0 Å². The molecule has 0 spiro atoms. The van der Waals surface area contributed by atoms with Gasteiger partial charge < -0.3 is 20.1 Å². The monoisotopic (exact) mass is 404 g/mol. The Morgan fingerprint density at radius 2 is 1.07 bits per heavy atom. The third-order valence-corrected chi connectivity index (χ3v) is 3.51. The summed E-state index contributed by atoms with van der Waals surface area (Å²) in [5, 5.41) is 26.8. The summed E-state index contributed by atoms with van der Waals surface area (Å²) in [4.78, 5) is 47.5. The van der Waals surface area contributed by atoms with Crippen LogP contribution in [0.25, 0.3) is 0 Å². The zero-order chi connectivity index (χ0) is 22.1. The van der Waals surface area contributed by atoms with Gasteiger partial charge in [0, 0.05) is 13.1 Å². The molecule has 0 amide bonds. The number of hydrogen-bond donors (Lipinski definition) is 3. The average molecular weight is 404 g/mol. The molecule has 3 N–H and O–H groups in total. The molecule has 10 heteroatoms. The molecule has 0 radical (unpaired) electrons. The van der Waals surface area contributed by atoms with Crippen molar-refractivity contribution in [1.29, 1.82) is 0 Å². The van der Waals surface area contributed by atoms with Crippen LogP contribution in [0.2, 0.25) is 0 Å². The largest absolute Gasteiger partial charge is 0.480 e. The molecule has 10 nitrogen and oxygen atoms in total. The Balaban J connectivity index is 4.92. The molecule has 0 saturated heterocycles. The minimum absolute atomic E-state index is 0.00165. The third kappa shape index (κ3) is 13.9. The van der Waals surface area contributed by atoms with Crippen molar-refractivity contribution in [1.82, 2.24) is 9.80 Å². The summed E-state index contributed by atoms with van der Waals surface area (Å²) in [6, 6.07) is 0. The number of rotatable bonds is 13. The van der Waals surface area contributed by atoms with Crippen LogP contribution >= 0.6 is 0 Å². The summed E-state index contributed by atoms with van der Waals surface area (Å²) < 4.78 is 5.49. The highest BCUT2D eigenvalue weighted by atomic mass is 16.6. The second-order valence-corrected chi connectivity index (χ2v) is 8.57. The van der Waals surface area contributed by atoms with Crippen LogP contribution in [0, 0.1) is 5.41 Å². The summed E-state index contributed by atoms with van der Waals surface area (Å²) in [6.45, 7) is 7.81. The molecule has 0 aliphatic heterocycles. The number of carboxylic acid groups (broad SMARTS) is 3. The van der Waals surface area contributed by atoms with Crippen molar-refractivity contribution in [3.63, 3.8) is 0 Å². The van der Waals surface area contributed by atoms with E-state index >= 15 is 0 Å². The van der Waals surface area contributed by atoms with Crippen molar-refractivity contribution >= 4 is 23.9 Å². The number of carbonyl (C=O) groups excluding carboxylic acids is 1. The molecular weight excluding hydrogens is 372 g/mol. The van der Waals surface area contributed by atoms with E-state index in [1.54, 1.807) is 13.8 Å². The molecule has 0 saturated carbocycles. The van der Waals surface area contributed by atoms with E-state index in [0.717, 1.165) is 4.90 Å². The van der Waals surface area contributed by atoms with Gasteiger partial charge in [-0.05, 0) is 25.7 Å². The second-order valence-electron chi connectivity index (χ2n) is 8.57. The molecule has 0 rings (SSSR count). The topological polar surface area (TPSA) is 145 Å². The first-order chi connectivity index (χ1) is 12.6. The van der Waals surface area contributed by atoms with Gasteiger partial charge in [-0.25, -0.2) is 0 Å². The van der Waals surface area contributed by atoms with Gasteiger partial charge in [0.15, 0.2) is 0 Å². The highest BCUT2D eigenvalue weighted by molar-refractivity contribution is 5.74. The Hall–Kier alpha value is -2.20. The van der Waals surface area contributed by atoms with Crippen LogP contribution in [0.1, 0.15) is 41.0 Å². The normalized spacial score (nSPS) is 12.2. The predicted molar refractivity (Wildman–Crippen MR) is 100 cm³/mol. The maximum Gasteiger partial charge on any atom is 0.320 e. The van der Waals surface area contributed by atoms with Gasteiger partial charge in [0.1, 0.15) is 5.60 Å². The predicted octanol–water partition coefficient (Wildman–Crippen LogP) is 0.602. The van der Waals surface area contributed by atoms with E-state index in [1.165, 1.54) is 4.90 Å². The van der Waals surface area contributed by atoms with Gasteiger partial charge in [0.2, 0.25) is 0 Å². The molecule has 0 aromatic heterocycles. The van der Waals surface area contributed by atoms with Gasteiger partial charge in [-0.3, -0.25) is 29.0 Å². The number of hydrogen-bond acceptors (Lipinski definition) is 7. The van der Waals surface area contributed by atoms with Crippen LogP contribution in [0.5, 0.6) is 0 Å². The molecular formula is C18H32N2O8. The van der Waals surface area contributed by atoms with Gasteiger partial charge in [0.05, 0.1) is 26.2 Å². The quantitative estimate of drug-likeness (QED) is 0.373. The fourth-order valence-electron chi connectivity index (χ4n) is 3.12. The van der Waals surface area contributed by atoms with Crippen molar-refractivity contribution in [2.75, 3.05) is 39.3 Å². The summed E-state index contributed by atoms with van der Waals surface area (Å²) in [6.07, 6.45) is 0.607. The summed E-state index contributed by atoms with van der Waals surface area (Å²) in [5.74, 6) is -4.16. The molecule has 0 fully saturated rings. The SMILES string of the molecule is CC(C)(C)CC(C)(C)OC(=O)CN(CCN(CC(=O)O)CC(=O)O)CC(=O)O. The molecule has 0 heterocycles. The van der Waals surface area contributed by atoms with E-state index < -0.39 is 49.1 Å². The van der Waals surface area contributed by atoms with Crippen molar-refractivity contribution in [3.05, 3.63) is 0 Å². The lowest BCUT2D eigenvalue weighted by atomic mass is 9.84. The number of nitrogens with zero attached hydrogens (tertiary/aromatic N) is 2. The van der Waals surface area contributed by atoms with E-state index in [2.05, 4.69) is 0 Å². The highest BCUT2D eigenvalue weighted by Gasteiger charge is 2.30. The van der Waals surface area contributed by atoms with Crippen LogP contribution in [-0.2, 0) is 23.9 Å². The molecule has 0 aromatic carbocycles. The van der Waals surface area contributed by atoms with Crippen molar-refractivity contribution in [2.24, 2.45) is 5.41 Å². The zero-order valence-electron chi connectivity index (χ0n) is 17.2. The Kier molecular flexibility index (Phi) is 10.1. The van der Waals surface area contributed by atoms with Gasteiger partial charge in [-0.1, -0.05) is 20.8 Å². The molecule has 0 aliphatic carbocycles. The molecule has 28 heavy (non-hydrogen) atoms. The van der Waals surface area contributed by atoms with Crippen LogP contribution in [-0.4, -0.2) is 93.9 Å². The summed E-state index contributed by atoms with van der Waals surface area (Å²) in [7, 11) is 0. The maximum atomic E-state index is 12.3. The standard InChI is InChI=1S/C18H32N2O8/c1-17(2,3)12-18(4,5)28-16(27)11-20(10-15(25)26)7-6-19(8-13(21)22)9-14(23)24/h6-12H2,1-5H3,(H,21,22)(H,23,24)(H,25,26). The molecule has 0 aromatic rings. The molecule has 0 unspecified atom stereocenters. The molecule has 0 bridgehead atoms. The number of carboxylic acids is 3. The number of carbonyl (C=O) groups is 4. The fourth-order valence-corrected chi connectivity index (χ4v) is 3.12. The van der Waals surface area contributed by atoms with E-state index in [1.807, 2.05) is 20.8 Å². The van der Waals surface area contributed by atoms with E-state index in [-0.39, 0.29) is 25.0 Å².